The monoisotopic (exact) mass is 269 g/mol. The number of carboxylic acids is 1. The summed E-state index contributed by atoms with van der Waals surface area (Å²) in [7, 11) is 0. The van der Waals surface area contributed by atoms with E-state index in [9.17, 15) is 4.79 Å². The molecule has 0 amide bonds. The van der Waals surface area contributed by atoms with Gasteiger partial charge in [0.2, 0.25) is 0 Å². The molecule has 1 saturated carbocycles. The maximum Gasteiger partial charge on any atom is 0.304 e. The van der Waals surface area contributed by atoms with Crippen LogP contribution in [0.4, 0.5) is 0 Å². The van der Waals surface area contributed by atoms with Gasteiger partial charge in [-0.1, -0.05) is 27.2 Å². The first kappa shape index (κ1) is 16.5. The quantitative estimate of drug-likeness (QED) is 0.800. The Morgan fingerprint density at radius 2 is 1.89 bits per heavy atom. The summed E-state index contributed by atoms with van der Waals surface area (Å²) in [5, 5.41) is 8.94. The van der Waals surface area contributed by atoms with Crippen molar-refractivity contribution in [3.05, 3.63) is 0 Å². The molecule has 0 saturated heterocycles. The van der Waals surface area contributed by atoms with Crippen molar-refractivity contribution in [2.75, 3.05) is 6.54 Å². The van der Waals surface area contributed by atoms with Gasteiger partial charge in [-0.15, -0.1) is 0 Å². The minimum Gasteiger partial charge on any atom is -0.481 e. The Labute approximate surface area is 118 Å². The van der Waals surface area contributed by atoms with Crippen molar-refractivity contribution in [2.24, 2.45) is 17.8 Å². The fourth-order valence-corrected chi connectivity index (χ4v) is 3.56. The summed E-state index contributed by atoms with van der Waals surface area (Å²) in [5.41, 5.74) is 0. The summed E-state index contributed by atoms with van der Waals surface area (Å²) in [6.45, 7) is 12.0. The van der Waals surface area contributed by atoms with E-state index in [2.05, 4.69) is 39.5 Å². The summed E-state index contributed by atoms with van der Waals surface area (Å²) in [6, 6.07) is 0.985. The van der Waals surface area contributed by atoms with Crippen molar-refractivity contribution < 1.29 is 9.90 Å². The zero-order chi connectivity index (χ0) is 14.6. The molecule has 0 aromatic carbocycles. The zero-order valence-corrected chi connectivity index (χ0v) is 13.2. The minimum absolute atomic E-state index is 0.258. The van der Waals surface area contributed by atoms with Crippen LogP contribution >= 0.6 is 0 Å². The molecule has 0 aromatic rings. The SMILES string of the molecule is CC1CCC(C(C)C)C(N(CCC(=O)O)C(C)C)C1. The molecule has 3 unspecified atom stereocenters. The molecule has 0 radical (unpaired) electrons. The molecule has 1 fully saturated rings. The first-order valence-electron chi connectivity index (χ1n) is 7.80. The highest BCUT2D eigenvalue weighted by molar-refractivity contribution is 5.66. The van der Waals surface area contributed by atoms with Gasteiger partial charge in [0.25, 0.3) is 0 Å². The Morgan fingerprint density at radius 3 is 2.37 bits per heavy atom. The minimum atomic E-state index is -0.685. The number of aliphatic carboxylic acids is 1. The predicted molar refractivity (Wildman–Crippen MR) is 79.2 cm³/mol. The highest BCUT2D eigenvalue weighted by Gasteiger charge is 2.35. The summed E-state index contributed by atoms with van der Waals surface area (Å²) in [4.78, 5) is 13.3. The van der Waals surface area contributed by atoms with Gasteiger partial charge in [-0.05, 0) is 44.4 Å². The molecule has 0 aliphatic heterocycles. The van der Waals surface area contributed by atoms with E-state index in [0.717, 1.165) is 5.92 Å². The van der Waals surface area contributed by atoms with Crippen LogP contribution in [0.25, 0.3) is 0 Å². The molecule has 19 heavy (non-hydrogen) atoms. The molecule has 0 heterocycles. The van der Waals surface area contributed by atoms with Crippen LogP contribution < -0.4 is 0 Å². The highest BCUT2D eigenvalue weighted by Crippen LogP contribution is 2.37. The molecular weight excluding hydrogens is 238 g/mol. The lowest BCUT2D eigenvalue weighted by molar-refractivity contribution is -0.137. The highest BCUT2D eigenvalue weighted by atomic mass is 16.4. The molecule has 3 heteroatoms. The maximum absolute atomic E-state index is 10.9. The van der Waals surface area contributed by atoms with Gasteiger partial charge in [0.1, 0.15) is 0 Å². The number of carbonyl (C=O) groups is 1. The summed E-state index contributed by atoms with van der Waals surface area (Å²) < 4.78 is 0. The predicted octanol–water partition coefficient (Wildman–Crippen LogP) is 3.63. The van der Waals surface area contributed by atoms with Crippen LogP contribution in [0.3, 0.4) is 0 Å². The lowest BCUT2D eigenvalue weighted by atomic mass is 9.73. The van der Waals surface area contributed by atoms with Crippen molar-refractivity contribution in [3.8, 4) is 0 Å². The van der Waals surface area contributed by atoms with Crippen LogP contribution in [0.1, 0.15) is 60.3 Å². The molecule has 0 aromatic heterocycles. The Hall–Kier alpha value is -0.570. The number of rotatable bonds is 6. The normalized spacial score (nSPS) is 28.3. The second-order valence-electron chi connectivity index (χ2n) is 6.87. The first-order chi connectivity index (χ1) is 8.82. The van der Waals surface area contributed by atoms with E-state index in [4.69, 9.17) is 5.11 Å². The molecule has 1 rings (SSSR count). The van der Waals surface area contributed by atoms with E-state index in [-0.39, 0.29) is 6.42 Å². The summed E-state index contributed by atoms with van der Waals surface area (Å²) >= 11 is 0. The Morgan fingerprint density at radius 1 is 1.26 bits per heavy atom. The molecule has 1 N–H and O–H groups in total. The first-order valence-corrected chi connectivity index (χ1v) is 7.80. The largest absolute Gasteiger partial charge is 0.481 e. The van der Waals surface area contributed by atoms with E-state index < -0.39 is 5.97 Å². The zero-order valence-electron chi connectivity index (χ0n) is 13.2. The molecule has 1 aliphatic carbocycles. The van der Waals surface area contributed by atoms with Gasteiger partial charge >= 0.3 is 5.97 Å². The smallest absolute Gasteiger partial charge is 0.304 e. The molecule has 112 valence electrons. The topological polar surface area (TPSA) is 40.5 Å². The third kappa shape index (κ3) is 4.79. The van der Waals surface area contributed by atoms with E-state index in [1.807, 2.05) is 0 Å². The molecule has 0 bridgehead atoms. The molecule has 3 nitrogen and oxygen atoms in total. The number of carboxylic acid groups (broad SMARTS) is 1. The van der Waals surface area contributed by atoms with Crippen molar-refractivity contribution in [1.82, 2.24) is 4.90 Å². The van der Waals surface area contributed by atoms with Gasteiger partial charge in [0.15, 0.2) is 0 Å². The number of hydrogen-bond acceptors (Lipinski definition) is 2. The second-order valence-corrected chi connectivity index (χ2v) is 6.87. The third-order valence-corrected chi connectivity index (χ3v) is 4.66. The average Bonchev–Trinajstić information content (AvgIpc) is 2.27. The van der Waals surface area contributed by atoms with E-state index in [1.54, 1.807) is 0 Å². The molecule has 3 atom stereocenters. The summed E-state index contributed by atoms with van der Waals surface area (Å²) in [6.07, 6.45) is 4.10. The Bertz CT molecular complexity index is 288. The van der Waals surface area contributed by atoms with Crippen LogP contribution in [0.2, 0.25) is 0 Å². The Balaban J connectivity index is 2.79. The van der Waals surface area contributed by atoms with Gasteiger partial charge in [0.05, 0.1) is 6.42 Å². The van der Waals surface area contributed by atoms with E-state index in [1.165, 1.54) is 19.3 Å². The van der Waals surface area contributed by atoms with Crippen molar-refractivity contribution in [3.63, 3.8) is 0 Å². The lowest BCUT2D eigenvalue weighted by Gasteiger charge is -2.45. The Kier molecular flexibility index (Phi) is 6.31. The number of nitrogens with zero attached hydrogens (tertiary/aromatic N) is 1. The number of hydrogen-bond donors (Lipinski definition) is 1. The van der Waals surface area contributed by atoms with Crippen molar-refractivity contribution in [1.29, 1.82) is 0 Å². The fourth-order valence-electron chi connectivity index (χ4n) is 3.56. The van der Waals surface area contributed by atoms with Gasteiger partial charge < -0.3 is 5.11 Å². The molecular formula is C16H31NO2. The lowest BCUT2D eigenvalue weighted by Crippen LogP contribution is -2.49. The van der Waals surface area contributed by atoms with Crippen LogP contribution in [-0.2, 0) is 4.79 Å². The van der Waals surface area contributed by atoms with Gasteiger partial charge in [0, 0.05) is 18.6 Å². The van der Waals surface area contributed by atoms with Gasteiger partial charge in [-0.3, -0.25) is 9.69 Å². The van der Waals surface area contributed by atoms with Crippen molar-refractivity contribution >= 4 is 5.97 Å². The third-order valence-electron chi connectivity index (χ3n) is 4.66. The van der Waals surface area contributed by atoms with Crippen LogP contribution in [0.5, 0.6) is 0 Å². The van der Waals surface area contributed by atoms with E-state index >= 15 is 0 Å². The fraction of sp³-hybridized carbons (Fsp3) is 0.938. The van der Waals surface area contributed by atoms with Crippen molar-refractivity contribution in [2.45, 2.75) is 72.4 Å². The standard InChI is InChI=1S/C16H31NO2/c1-11(2)14-7-6-13(5)10-15(14)17(12(3)4)9-8-16(18)19/h11-15H,6-10H2,1-5H3,(H,18,19). The molecule has 1 aliphatic rings. The van der Waals surface area contributed by atoms with Crippen LogP contribution in [0.15, 0.2) is 0 Å². The summed E-state index contributed by atoms with van der Waals surface area (Å²) in [5.74, 6) is 1.48. The van der Waals surface area contributed by atoms with Gasteiger partial charge in [-0.2, -0.15) is 0 Å². The second kappa shape index (κ2) is 7.28. The van der Waals surface area contributed by atoms with Crippen LogP contribution in [0, 0.1) is 17.8 Å². The average molecular weight is 269 g/mol. The van der Waals surface area contributed by atoms with Gasteiger partial charge in [-0.25, -0.2) is 0 Å². The molecule has 0 spiro atoms. The van der Waals surface area contributed by atoms with Crippen LogP contribution in [-0.4, -0.2) is 34.6 Å². The van der Waals surface area contributed by atoms with E-state index in [0.29, 0.717) is 30.5 Å². The maximum atomic E-state index is 10.9.